The molecule has 3 heteroatoms. The zero-order valence-corrected chi connectivity index (χ0v) is 7.97. The normalized spacial score (nSPS) is 12.5. The standard InChI is InChI=1S/C9H11NOS/c1-7(12-8(2)11)9-4-3-5-10-6-9/h3-7H,1-2H3. The third-order valence-electron chi connectivity index (χ3n) is 1.50. The summed E-state index contributed by atoms with van der Waals surface area (Å²) in [6.45, 7) is 3.58. The van der Waals surface area contributed by atoms with E-state index in [4.69, 9.17) is 0 Å². The molecule has 0 bridgehead atoms. The lowest BCUT2D eigenvalue weighted by molar-refractivity contribution is -0.109. The number of pyridine rings is 1. The summed E-state index contributed by atoms with van der Waals surface area (Å²) in [6.07, 6.45) is 3.52. The van der Waals surface area contributed by atoms with E-state index >= 15 is 0 Å². The monoisotopic (exact) mass is 181 g/mol. The average Bonchev–Trinajstić information content (AvgIpc) is 2.05. The van der Waals surface area contributed by atoms with Crippen LogP contribution in [0.3, 0.4) is 0 Å². The summed E-state index contributed by atoms with van der Waals surface area (Å²) in [5.74, 6) is 0. The molecule has 0 saturated carbocycles. The molecule has 0 saturated heterocycles. The smallest absolute Gasteiger partial charge is 0.186 e. The van der Waals surface area contributed by atoms with Crippen molar-refractivity contribution >= 4 is 16.9 Å². The van der Waals surface area contributed by atoms with Gasteiger partial charge in [0, 0.05) is 24.6 Å². The highest BCUT2D eigenvalue weighted by Crippen LogP contribution is 2.27. The van der Waals surface area contributed by atoms with Crippen LogP contribution in [0.15, 0.2) is 24.5 Å². The minimum absolute atomic E-state index is 0.145. The fourth-order valence-electron chi connectivity index (χ4n) is 0.933. The highest BCUT2D eigenvalue weighted by molar-refractivity contribution is 8.13. The molecule has 0 aliphatic rings. The molecule has 2 nitrogen and oxygen atoms in total. The van der Waals surface area contributed by atoms with Gasteiger partial charge in [-0.05, 0) is 18.6 Å². The lowest BCUT2D eigenvalue weighted by atomic mass is 10.2. The fraction of sp³-hybridized carbons (Fsp3) is 0.333. The Morgan fingerprint density at radius 1 is 1.67 bits per heavy atom. The Hall–Kier alpha value is -0.830. The van der Waals surface area contributed by atoms with Crippen LogP contribution in [0, 0.1) is 0 Å². The van der Waals surface area contributed by atoms with Gasteiger partial charge in [0.05, 0.1) is 0 Å². The molecular formula is C9H11NOS. The third-order valence-corrected chi connectivity index (χ3v) is 2.45. The first-order valence-corrected chi connectivity index (χ1v) is 4.65. The lowest BCUT2D eigenvalue weighted by Gasteiger charge is -2.07. The van der Waals surface area contributed by atoms with Gasteiger partial charge in [-0.25, -0.2) is 0 Å². The van der Waals surface area contributed by atoms with Crippen molar-refractivity contribution in [3.63, 3.8) is 0 Å². The summed E-state index contributed by atoms with van der Waals surface area (Å²) in [5.41, 5.74) is 1.10. The van der Waals surface area contributed by atoms with Gasteiger partial charge < -0.3 is 0 Å². The summed E-state index contributed by atoms with van der Waals surface area (Å²) in [4.78, 5) is 14.8. The van der Waals surface area contributed by atoms with Crippen LogP contribution in [0.5, 0.6) is 0 Å². The SMILES string of the molecule is CC(=O)SC(C)c1cccnc1. The van der Waals surface area contributed by atoms with Crippen molar-refractivity contribution in [2.45, 2.75) is 19.1 Å². The van der Waals surface area contributed by atoms with Crippen LogP contribution in [0.2, 0.25) is 0 Å². The van der Waals surface area contributed by atoms with E-state index in [1.165, 1.54) is 11.8 Å². The molecule has 0 amide bonds. The van der Waals surface area contributed by atoms with Gasteiger partial charge in [-0.15, -0.1) is 0 Å². The first-order valence-electron chi connectivity index (χ1n) is 3.77. The summed E-state index contributed by atoms with van der Waals surface area (Å²) in [7, 11) is 0. The maximum absolute atomic E-state index is 10.8. The van der Waals surface area contributed by atoms with Crippen molar-refractivity contribution in [3.05, 3.63) is 30.1 Å². The van der Waals surface area contributed by atoms with Crippen LogP contribution in [-0.4, -0.2) is 10.1 Å². The van der Waals surface area contributed by atoms with E-state index in [2.05, 4.69) is 4.98 Å². The zero-order valence-electron chi connectivity index (χ0n) is 7.15. The maximum atomic E-state index is 10.8. The number of hydrogen-bond donors (Lipinski definition) is 0. The second-order valence-corrected chi connectivity index (χ2v) is 4.06. The first kappa shape index (κ1) is 9.26. The summed E-state index contributed by atoms with van der Waals surface area (Å²) < 4.78 is 0. The van der Waals surface area contributed by atoms with Crippen molar-refractivity contribution in [1.82, 2.24) is 4.98 Å². The van der Waals surface area contributed by atoms with Gasteiger partial charge in [0.2, 0.25) is 0 Å². The van der Waals surface area contributed by atoms with Crippen LogP contribution in [-0.2, 0) is 4.79 Å². The Morgan fingerprint density at radius 3 is 2.92 bits per heavy atom. The Morgan fingerprint density at radius 2 is 2.42 bits per heavy atom. The zero-order chi connectivity index (χ0) is 8.97. The number of aromatic nitrogens is 1. The number of carbonyl (C=O) groups excluding carboxylic acids is 1. The van der Waals surface area contributed by atoms with E-state index in [-0.39, 0.29) is 10.4 Å². The molecule has 1 aromatic rings. The van der Waals surface area contributed by atoms with E-state index in [0.29, 0.717) is 0 Å². The van der Waals surface area contributed by atoms with Crippen molar-refractivity contribution in [1.29, 1.82) is 0 Å². The fourth-order valence-corrected chi connectivity index (χ4v) is 1.71. The molecule has 0 radical (unpaired) electrons. The molecule has 1 heterocycles. The molecule has 0 aliphatic carbocycles. The number of hydrogen-bond acceptors (Lipinski definition) is 3. The number of thioether (sulfide) groups is 1. The second-order valence-electron chi connectivity index (χ2n) is 2.54. The molecule has 64 valence electrons. The molecule has 0 spiro atoms. The molecule has 0 fully saturated rings. The van der Waals surface area contributed by atoms with Crippen LogP contribution >= 0.6 is 11.8 Å². The van der Waals surface area contributed by atoms with Crippen molar-refractivity contribution in [2.75, 3.05) is 0 Å². The van der Waals surface area contributed by atoms with Crippen LogP contribution in [0.25, 0.3) is 0 Å². The largest absolute Gasteiger partial charge is 0.288 e. The third kappa shape index (κ3) is 2.66. The van der Waals surface area contributed by atoms with E-state index in [0.717, 1.165) is 5.56 Å². The van der Waals surface area contributed by atoms with Crippen molar-refractivity contribution in [3.8, 4) is 0 Å². The Labute approximate surface area is 76.4 Å². The van der Waals surface area contributed by atoms with E-state index < -0.39 is 0 Å². The van der Waals surface area contributed by atoms with Crippen molar-refractivity contribution in [2.24, 2.45) is 0 Å². The molecule has 12 heavy (non-hydrogen) atoms. The topological polar surface area (TPSA) is 30.0 Å². The predicted molar refractivity (Wildman–Crippen MR) is 50.9 cm³/mol. The van der Waals surface area contributed by atoms with Gasteiger partial charge in [-0.2, -0.15) is 0 Å². The predicted octanol–water partition coefficient (Wildman–Crippen LogP) is 2.42. The molecule has 1 aromatic heterocycles. The minimum atomic E-state index is 0.145. The quantitative estimate of drug-likeness (QED) is 0.701. The number of carbonyl (C=O) groups is 1. The Kier molecular flexibility index (Phi) is 3.29. The number of nitrogens with zero attached hydrogens (tertiary/aromatic N) is 1. The van der Waals surface area contributed by atoms with Gasteiger partial charge in [0.25, 0.3) is 0 Å². The summed E-state index contributed by atoms with van der Waals surface area (Å²) >= 11 is 1.33. The molecule has 1 atom stereocenters. The van der Waals surface area contributed by atoms with E-state index in [1.54, 1.807) is 19.3 Å². The van der Waals surface area contributed by atoms with Crippen LogP contribution in [0.1, 0.15) is 24.7 Å². The summed E-state index contributed by atoms with van der Waals surface area (Å²) in [5, 5.41) is 0.350. The van der Waals surface area contributed by atoms with Crippen LogP contribution in [0.4, 0.5) is 0 Å². The average molecular weight is 181 g/mol. The Bertz CT molecular complexity index is 260. The molecule has 0 aliphatic heterocycles. The first-order chi connectivity index (χ1) is 5.70. The van der Waals surface area contributed by atoms with E-state index in [1.807, 2.05) is 19.1 Å². The van der Waals surface area contributed by atoms with Gasteiger partial charge in [-0.3, -0.25) is 9.78 Å². The van der Waals surface area contributed by atoms with Crippen LogP contribution < -0.4 is 0 Å². The minimum Gasteiger partial charge on any atom is -0.288 e. The maximum Gasteiger partial charge on any atom is 0.186 e. The number of rotatable bonds is 2. The molecule has 1 rings (SSSR count). The van der Waals surface area contributed by atoms with Gasteiger partial charge in [0.1, 0.15) is 0 Å². The molecule has 0 N–H and O–H groups in total. The molecule has 0 aromatic carbocycles. The Balaban J connectivity index is 2.65. The molecular weight excluding hydrogens is 170 g/mol. The van der Waals surface area contributed by atoms with E-state index in [9.17, 15) is 4.79 Å². The van der Waals surface area contributed by atoms with Gasteiger partial charge in [0.15, 0.2) is 5.12 Å². The highest BCUT2D eigenvalue weighted by atomic mass is 32.2. The van der Waals surface area contributed by atoms with Gasteiger partial charge in [-0.1, -0.05) is 17.8 Å². The lowest BCUT2D eigenvalue weighted by Crippen LogP contribution is -1.92. The second kappa shape index (κ2) is 4.26. The molecule has 1 unspecified atom stereocenters. The van der Waals surface area contributed by atoms with Crippen molar-refractivity contribution < 1.29 is 4.79 Å². The highest BCUT2D eigenvalue weighted by Gasteiger charge is 2.07. The summed E-state index contributed by atoms with van der Waals surface area (Å²) in [6, 6.07) is 3.86. The van der Waals surface area contributed by atoms with Gasteiger partial charge >= 0.3 is 0 Å².